The number of aromatic amines is 1. The van der Waals surface area contributed by atoms with E-state index in [2.05, 4.69) is 11.7 Å². The van der Waals surface area contributed by atoms with Crippen molar-refractivity contribution in [2.24, 2.45) is 0 Å². The van der Waals surface area contributed by atoms with Crippen molar-refractivity contribution in [3.05, 3.63) is 58.7 Å². The topological polar surface area (TPSA) is 56.2 Å². The molecular formula is C15H18N2O3. The zero-order chi connectivity index (χ0) is 14.5. The molecule has 0 saturated heterocycles. The summed E-state index contributed by atoms with van der Waals surface area (Å²) in [6.45, 7) is 5.80. The molecule has 5 heteroatoms. The summed E-state index contributed by atoms with van der Waals surface area (Å²) < 4.78 is 11.7. The third-order valence-corrected chi connectivity index (χ3v) is 3.11. The Morgan fingerprint density at radius 2 is 2.05 bits per heavy atom. The minimum absolute atomic E-state index is 0.0553. The van der Waals surface area contributed by atoms with Gasteiger partial charge in [0.2, 0.25) is 0 Å². The lowest BCUT2D eigenvalue weighted by Gasteiger charge is -2.03. The standard InChI is InChI=1S/C15H18N2O3/c1-4-20-10-9-14-11(2)16-17(15(14)18)12-5-7-13(19-3)8-6-12/h4-8,16H,1,9-10H2,2-3H3. The number of methoxy groups -OCH3 is 1. The molecule has 1 aromatic heterocycles. The lowest BCUT2D eigenvalue weighted by molar-refractivity contribution is 0.254. The second kappa shape index (κ2) is 6.14. The van der Waals surface area contributed by atoms with Crippen LogP contribution in [0, 0.1) is 6.92 Å². The van der Waals surface area contributed by atoms with Gasteiger partial charge in [0.05, 0.1) is 25.7 Å². The molecule has 0 aliphatic rings. The molecule has 0 atom stereocenters. The summed E-state index contributed by atoms with van der Waals surface area (Å²) in [4.78, 5) is 12.4. The molecule has 1 N–H and O–H groups in total. The summed E-state index contributed by atoms with van der Waals surface area (Å²) >= 11 is 0. The van der Waals surface area contributed by atoms with Gasteiger partial charge >= 0.3 is 0 Å². The van der Waals surface area contributed by atoms with Crippen molar-refractivity contribution in [1.82, 2.24) is 9.78 Å². The highest BCUT2D eigenvalue weighted by atomic mass is 16.5. The molecule has 2 rings (SSSR count). The van der Waals surface area contributed by atoms with Crippen molar-refractivity contribution >= 4 is 0 Å². The molecule has 0 aliphatic heterocycles. The van der Waals surface area contributed by atoms with Crippen LogP contribution in [0.2, 0.25) is 0 Å². The molecule has 5 nitrogen and oxygen atoms in total. The predicted molar refractivity (Wildman–Crippen MR) is 77.5 cm³/mol. The third kappa shape index (κ3) is 2.77. The van der Waals surface area contributed by atoms with E-state index in [1.54, 1.807) is 7.11 Å². The Morgan fingerprint density at radius 3 is 2.65 bits per heavy atom. The zero-order valence-corrected chi connectivity index (χ0v) is 11.7. The number of nitrogens with one attached hydrogen (secondary N) is 1. The van der Waals surface area contributed by atoms with E-state index in [0.717, 1.165) is 22.7 Å². The first-order valence-electron chi connectivity index (χ1n) is 6.34. The summed E-state index contributed by atoms with van der Waals surface area (Å²) in [5, 5.41) is 3.08. The Balaban J connectivity index is 2.30. The number of H-pyrrole nitrogens is 1. The molecule has 0 saturated carbocycles. The van der Waals surface area contributed by atoms with Crippen molar-refractivity contribution in [1.29, 1.82) is 0 Å². The number of benzene rings is 1. The molecule has 106 valence electrons. The van der Waals surface area contributed by atoms with Gasteiger partial charge in [0.25, 0.3) is 5.56 Å². The monoisotopic (exact) mass is 274 g/mol. The normalized spacial score (nSPS) is 10.3. The van der Waals surface area contributed by atoms with E-state index in [1.807, 2.05) is 31.2 Å². The van der Waals surface area contributed by atoms with Gasteiger partial charge in [-0.05, 0) is 31.2 Å². The first-order chi connectivity index (χ1) is 9.67. The highest BCUT2D eigenvalue weighted by molar-refractivity contribution is 5.37. The van der Waals surface area contributed by atoms with Crippen LogP contribution >= 0.6 is 0 Å². The molecule has 0 spiro atoms. The fraction of sp³-hybridized carbons (Fsp3) is 0.267. The van der Waals surface area contributed by atoms with Crippen molar-refractivity contribution < 1.29 is 9.47 Å². The van der Waals surface area contributed by atoms with Gasteiger partial charge < -0.3 is 9.47 Å². The average molecular weight is 274 g/mol. The summed E-state index contributed by atoms with van der Waals surface area (Å²) in [6, 6.07) is 7.30. The largest absolute Gasteiger partial charge is 0.501 e. The van der Waals surface area contributed by atoms with Gasteiger partial charge in [-0.2, -0.15) is 0 Å². The van der Waals surface area contributed by atoms with Crippen LogP contribution in [0.15, 0.2) is 41.9 Å². The number of rotatable bonds is 6. The van der Waals surface area contributed by atoms with Gasteiger partial charge in [0.15, 0.2) is 0 Å². The summed E-state index contributed by atoms with van der Waals surface area (Å²) in [6.07, 6.45) is 1.93. The van der Waals surface area contributed by atoms with E-state index in [-0.39, 0.29) is 5.56 Å². The molecule has 0 bridgehead atoms. The number of aromatic nitrogens is 2. The lowest BCUT2D eigenvalue weighted by atomic mass is 10.2. The van der Waals surface area contributed by atoms with Gasteiger partial charge in [-0.15, -0.1) is 0 Å². The quantitative estimate of drug-likeness (QED) is 0.649. The zero-order valence-electron chi connectivity index (χ0n) is 11.7. The van der Waals surface area contributed by atoms with Crippen LogP contribution in [-0.4, -0.2) is 23.5 Å². The Labute approximate surface area is 117 Å². The number of nitrogens with zero attached hydrogens (tertiary/aromatic N) is 1. The van der Waals surface area contributed by atoms with Gasteiger partial charge in [0.1, 0.15) is 5.75 Å². The first kappa shape index (κ1) is 14.0. The van der Waals surface area contributed by atoms with Crippen LogP contribution in [0.25, 0.3) is 5.69 Å². The van der Waals surface area contributed by atoms with Gasteiger partial charge in [-0.25, -0.2) is 4.68 Å². The van der Waals surface area contributed by atoms with Gasteiger partial charge in [-0.1, -0.05) is 6.58 Å². The smallest absolute Gasteiger partial charge is 0.274 e. The van der Waals surface area contributed by atoms with Crippen LogP contribution < -0.4 is 10.3 Å². The Kier molecular flexibility index (Phi) is 4.30. The van der Waals surface area contributed by atoms with Crippen LogP contribution in [0.4, 0.5) is 0 Å². The molecule has 20 heavy (non-hydrogen) atoms. The van der Waals surface area contributed by atoms with Crippen molar-refractivity contribution in [3.8, 4) is 11.4 Å². The van der Waals surface area contributed by atoms with Gasteiger partial charge in [-0.3, -0.25) is 9.89 Å². The van der Waals surface area contributed by atoms with Gasteiger partial charge in [0, 0.05) is 17.7 Å². The van der Waals surface area contributed by atoms with E-state index in [0.29, 0.717) is 13.0 Å². The van der Waals surface area contributed by atoms with E-state index in [9.17, 15) is 4.79 Å². The maximum Gasteiger partial charge on any atom is 0.274 e. The molecule has 1 aromatic carbocycles. The van der Waals surface area contributed by atoms with Crippen LogP contribution in [0.3, 0.4) is 0 Å². The van der Waals surface area contributed by atoms with E-state index < -0.39 is 0 Å². The van der Waals surface area contributed by atoms with E-state index in [4.69, 9.17) is 9.47 Å². The number of aryl methyl sites for hydroxylation is 1. The third-order valence-electron chi connectivity index (χ3n) is 3.11. The van der Waals surface area contributed by atoms with Crippen LogP contribution in [0.1, 0.15) is 11.3 Å². The maximum atomic E-state index is 12.4. The maximum absolute atomic E-state index is 12.4. The van der Waals surface area contributed by atoms with E-state index >= 15 is 0 Å². The summed E-state index contributed by atoms with van der Waals surface area (Å²) in [5.74, 6) is 0.754. The highest BCUT2D eigenvalue weighted by Gasteiger charge is 2.12. The predicted octanol–water partition coefficient (Wildman–Crippen LogP) is 2.19. The number of hydrogen-bond donors (Lipinski definition) is 1. The molecule has 0 fully saturated rings. The fourth-order valence-electron chi connectivity index (χ4n) is 2.03. The first-order valence-corrected chi connectivity index (χ1v) is 6.34. The Morgan fingerprint density at radius 1 is 1.35 bits per heavy atom. The SMILES string of the molecule is C=COCCc1c(C)[nH]n(-c2ccc(OC)cc2)c1=O. The summed E-state index contributed by atoms with van der Waals surface area (Å²) in [5.41, 5.74) is 2.29. The second-order valence-electron chi connectivity index (χ2n) is 4.34. The van der Waals surface area contributed by atoms with Crippen molar-refractivity contribution in [2.75, 3.05) is 13.7 Å². The second-order valence-corrected chi connectivity index (χ2v) is 4.34. The van der Waals surface area contributed by atoms with Crippen molar-refractivity contribution in [3.63, 3.8) is 0 Å². The number of hydrogen-bond acceptors (Lipinski definition) is 3. The van der Waals surface area contributed by atoms with E-state index in [1.165, 1.54) is 10.9 Å². The highest BCUT2D eigenvalue weighted by Crippen LogP contribution is 2.14. The average Bonchev–Trinajstić information content (AvgIpc) is 2.75. The molecular weight excluding hydrogens is 256 g/mol. The summed E-state index contributed by atoms with van der Waals surface area (Å²) in [7, 11) is 1.61. The minimum Gasteiger partial charge on any atom is -0.501 e. The molecule has 0 unspecified atom stereocenters. The Bertz CT molecular complexity index is 638. The molecule has 2 aromatic rings. The molecule has 1 heterocycles. The minimum atomic E-state index is -0.0553. The lowest BCUT2D eigenvalue weighted by Crippen LogP contribution is -2.18. The molecule has 0 radical (unpaired) electrons. The van der Waals surface area contributed by atoms with Crippen LogP contribution in [0.5, 0.6) is 5.75 Å². The molecule has 0 amide bonds. The molecule has 0 aliphatic carbocycles. The number of ether oxygens (including phenoxy) is 2. The van der Waals surface area contributed by atoms with Crippen molar-refractivity contribution in [2.45, 2.75) is 13.3 Å². The fourth-order valence-corrected chi connectivity index (χ4v) is 2.03. The Hall–Kier alpha value is -2.43. The van der Waals surface area contributed by atoms with Crippen LogP contribution in [-0.2, 0) is 11.2 Å².